The molecule has 2 rings (SSSR count). The fourth-order valence-corrected chi connectivity index (χ4v) is 2.67. The first-order valence-electron chi connectivity index (χ1n) is 5.98. The van der Waals surface area contributed by atoms with Crippen LogP contribution in [0.1, 0.15) is 30.6 Å². The van der Waals surface area contributed by atoms with Crippen LogP contribution in [0.2, 0.25) is 0 Å². The van der Waals surface area contributed by atoms with Crippen molar-refractivity contribution in [2.75, 3.05) is 0 Å². The number of para-hydroxylation sites is 1. The van der Waals surface area contributed by atoms with Gasteiger partial charge in [-0.2, -0.15) is 0 Å². The van der Waals surface area contributed by atoms with Crippen LogP contribution < -0.4 is 4.72 Å². The number of carbonyl (C=O) groups excluding carboxylic acids is 1. The Morgan fingerprint density at radius 2 is 2.05 bits per heavy atom. The largest absolute Gasteiger partial charge is 0.463 e. The number of rotatable bonds is 4. The molecule has 6 heteroatoms. The standard InChI is InChI=1S/C13H15NO4S/c1-3-9(2)19(16,17)14-13(15)11-8-18-12-7-5-4-6-10(11)12/h4-9H,3H2,1-2H3,(H,14,15)/t9-/m1/s1. The molecule has 1 heterocycles. The van der Waals surface area contributed by atoms with Gasteiger partial charge in [0.15, 0.2) is 0 Å². The first kappa shape index (κ1) is 13.6. The maximum Gasteiger partial charge on any atom is 0.268 e. The zero-order valence-electron chi connectivity index (χ0n) is 10.7. The molecule has 0 saturated heterocycles. The SMILES string of the molecule is CC[C@@H](C)S(=O)(=O)NC(=O)c1coc2ccccc12. The minimum Gasteiger partial charge on any atom is -0.463 e. The van der Waals surface area contributed by atoms with Gasteiger partial charge in [0.25, 0.3) is 5.91 Å². The van der Waals surface area contributed by atoms with E-state index in [9.17, 15) is 13.2 Å². The van der Waals surface area contributed by atoms with Crippen LogP contribution in [0, 0.1) is 0 Å². The summed E-state index contributed by atoms with van der Waals surface area (Å²) in [6.07, 6.45) is 1.71. The highest BCUT2D eigenvalue weighted by molar-refractivity contribution is 7.90. The molecule has 1 N–H and O–H groups in total. The first-order valence-corrected chi connectivity index (χ1v) is 7.52. The zero-order chi connectivity index (χ0) is 14.0. The van der Waals surface area contributed by atoms with Crippen molar-refractivity contribution in [2.45, 2.75) is 25.5 Å². The molecule has 0 bridgehead atoms. The third kappa shape index (κ3) is 2.63. The molecule has 102 valence electrons. The molecule has 0 fully saturated rings. The van der Waals surface area contributed by atoms with Gasteiger partial charge in [-0.3, -0.25) is 4.79 Å². The van der Waals surface area contributed by atoms with Crippen LogP contribution in [-0.4, -0.2) is 19.6 Å². The number of fused-ring (bicyclic) bond motifs is 1. The van der Waals surface area contributed by atoms with Crippen LogP contribution in [0.3, 0.4) is 0 Å². The van der Waals surface area contributed by atoms with E-state index in [1.807, 2.05) is 0 Å². The summed E-state index contributed by atoms with van der Waals surface area (Å²) < 4.78 is 31.0. The molecule has 1 aromatic carbocycles. The third-order valence-electron chi connectivity index (χ3n) is 3.07. The summed E-state index contributed by atoms with van der Waals surface area (Å²) in [7, 11) is -3.65. The molecule has 2 aromatic rings. The van der Waals surface area contributed by atoms with Gasteiger partial charge >= 0.3 is 0 Å². The van der Waals surface area contributed by atoms with Crippen LogP contribution in [0.4, 0.5) is 0 Å². The minimum atomic E-state index is -3.65. The Morgan fingerprint density at radius 3 is 2.74 bits per heavy atom. The number of benzene rings is 1. The van der Waals surface area contributed by atoms with E-state index in [-0.39, 0.29) is 5.56 Å². The number of amides is 1. The Morgan fingerprint density at radius 1 is 1.37 bits per heavy atom. The van der Waals surface area contributed by atoms with Crippen LogP contribution in [0.15, 0.2) is 34.9 Å². The first-order chi connectivity index (χ1) is 8.95. The van der Waals surface area contributed by atoms with Gasteiger partial charge in [-0.1, -0.05) is 25.1 Å². The van der Waals surface area contributed by atoms with Gasteiger partial charge < -0.3 is 4.42 Å². The van der Waals surface area contributed by atoms with Crippen molar-refractivity contribution in [3.05, 3.63) is 36.1 Å². The number of sulfonamides is 1. The number of carbonyl (C=O) groups is 1. The van der Waals surface area contributed by atoms with E-state index in [1.54, 1.807) is 38.1 Å². The van der Waals surface area contributed by atoms with Gasteiger partial charge in [0.05, 0.1) is 10.8 Å². The molecule has 0 unspecified atom stereocenters. The van der Waals surface area contributed by atoms with Crippen molar-refractivity contribution in [1.29, 1.82) is 0 Å². The molecular weight excluding hydrogens is 266 g/mol. The number of nitrogens with one attached hydrogen (secondary N) is 1. The fraction of sp³-hybridized carbons (Fsp3) is 0.308. The van der Waals surface area contributed by atoms with E-state index in [0.29, 0.717) is 17.4 Å². The quantitative estimate of drug-likeness (QED) is 0.932. The van der Waals surface area contributed by atoms with Gasteiger partial charge in [-0.15, -0.1) is 0 Å². The van der Waals surface area contributed by atoms with Crippen molar-refractivity contribution in [3.63, 3.8) is 0 Å². The summed E-state index contributed by atoms with van der Waals surface area (Å²) in [5.74, 6) is -0.662. The molecule has 0 aliphatic heterocycles. The average molecular weight is 281 g/mol. The van der Waals surface area contributed by atoms with Crippen molar-refractivity contribution >= 4 is 26.9 Å². The highest BCUT2D eigenvalue weighted by Crippen LogP contribution is 2.20. The maximum atomic E-state index is 12.0. The molecule has 0 radical (unpaired) electrons. The normalized spacial score (nSPS) is 13.4. The molecule has 0 aliphatic carbocycles. The van der Waals surface area contributed by atoms with Gasteiger partial charge in [-0.25, -0.2) is 13.1 Å². The highest BCUT2D eigenvalue weighted by atomic mass is 32.2. The van der Waals surface area contributed by atoms with Crippen molar-refractivity contribution in [2.24, 2.45) is 0 Å². The molecule has 1 atom stereocenters. The second-order valence-corrected chi connectivity index (χ2v) is 6.44. The molecule has 5 nitrogen and oxygen atoms in total. The summed E-state index contributed by atoms with van der Waals surface area (Å²) >= 11 is 0. The molecular formula is C13H15NO4S. The van der Waals surface area contributed by atoms with E-state index < -0.39 is 21.2 Å². The topological polar surface area (TPSA) is 76.4 Å². The summed E-state index contributed by atoms with van der Waals surface area (Å²) in [6, 6.07) is 6.97. The van der Waals surface area contributed by atoms with Gasteiger partial charge in [0.1, 0.15) is 11.8 Å². The second-order valence-electron chi connectivity index (χ2n) is 4.34. The number of furan rings is 1. The van der Waals surface area contributed by atoms with Crippen LogP contribution in [0.25, 0.3) is 11.0 Å². The molecule has 0 saturated carbocycles. The maximum absolute atomic E-state index is 12.0. The smallest absolute Gasteiger partial charge is 0.268 e. The molecule has 19 heavy (non-hydrogen) atoms. The van der Waals surface area contributed by atoms with Crippen molar-refractivity contribution in [1.82, 2.24) is 4.72 Å². The second kappa shape index (κ2) is 5.05. The van der Waals surface area contributed by atoms with E-state index in [0.717, 1.165) is 0 Å². The van der Waals surface area contributed by atoms with E-state index in [4.69, 9.17) is 4.42 Å². The highest BCUT2D eigenvalue weighted by Gasteiger charge is 2.24. The lowest BCUT2D eigenvalue weighted by Crippen LogP contribution is -2.36. The Labute approximate surface area is 111 Å². The van der Waals surface area contributed by atoms with Crippen LogP contribution in [-0.2, 0) is 10.0 Å². The monoisotopic (exact) mass is 281 g/mol. The predicted molar refractivity (Wildman–Crippen MR) is 72.4 cm³/mol. The Balaban J connectivity index is 2.31. The summed E-state index contributed by atoms with van der Waals surface area (Å²) in [4.78, 5) is 12.0. The summed E-state index contributed by atoms with van der Waals surface area (Å²) in [5.41, 5.74) is 0.774. The third-order valence-corrected chi connectivity index (χ3v) is 4.93. The molecule has 0 spiro atoms. The van der Waals surface area contributed by atoms with Gasteiger partial charge in [-0.05, 0) is 19.4 Å². The number of hydrogen-bond acceptors (Lipinski definition) is 4. The number of hydrogen-bond donors (Lipinski definition) is 1. The lowest BCUT2D eigenvalue weighted by molar-refractivity contribution is 0.0982. The Hall–Kier alpha value is -1.82. The molecule has 1 aromatic heterocycles. The fourth-order valence-electron chi connectivity index (χ4n) is 1.66. The minimum absolute atomic E-state index is 0.225. The summed E-state index contributed by atoms with van der Waals surface area (Å²) in [5, 5.41) is -0.0195. The average Bonchev–Trinajstić information content (AvgIpc) is 2.81. The lowest BCUT2D eigenvalue weighted by atomic mass is 10.2. The predicted octanol–water partition coefficient (Wildman–Crippen LogP) is 2.29. The van der Waals surface area contributed by atoms with Gasteiger partial charge in [0, 0.05) is 5.39 Å². The summed E-state index contributed by atoms with van der Waals surface area (Å²) in [6.45, 7) is 3.31. The zero-order valence-corrected chi connectivity index (χ0v) is 11.5. The Kier molecular flexibility index (Phi) is 3.61. The van der Waals surface area contributed by atoms with Crippen LogP contribution >= 0.6 is 0 Å². The molecule has 0 aliphatic rings. The van der Waals surface area contributed by atoms with E-state index >= 15 is 0 Å². The lowest BCUT2D eigenvalue weighted by Gasteiger charge is -2.11. The van der Waals surface area contributed by atoms with E-state index in [1.165, 1.54) is 6.26 Å². The Bertz CT molecular complexity index is 702. The van der Waals surface area contributed by atoms with Crippen molar-refractivity contribution < 1.29 is 17.6 Å². The van der Waals surface area contributed by atoms with Crippen LogP contribution in [0.5, 0.6) is 0 Å². The van der Waals surface area contributed by atoms with Gasteiger partial charge in [0.2, 0.25) is 10.0 Å². The molecule has 1 amide bonds. The van der Waals surface area contributed by atoms with Crippen molar-refractivity contribution in [3.8, 4) is 0 Å². The van der Waals surface area contributed by atoms with E-state index in [2.05, 4.69) is 4.72 Å².